The van der Waals surface area contributed by atoms with Crippen LogP contribution in [0.3, 0.4) is 0 Å². The molecule has 108 valence electrons. The van der Waals surface area contributed by atoms with Crippen LogP contribution in [0.1, 0.15) is 16.5 Å². The van der Waals surface area contributed by atoms with Crippen molar-refractivity contribution in [2.45, 2.75) is 12.6 Å². The Morgan fingerprint density at radius 2 is 2.35 bits per heavy atom. The number of thiazole rings is 1. The second kappa shape index (κ2) is 7.13. The highest BCUT2D eigenvalue weighted by Gasteiger charge is 2.24. The number of hydrogen-bond donors (Lipinski definition) is 1. The third kappa shape index (κ3) is 3.55. The van der Waals surface area contributed by atoms with Gasteiger partial charge in [-0.15, -0.1) is 23.7 Å². The fraction of sp³-hybridized carbons (Fsp3) is 0.357. The van der Waals surface area contributed by atoms with Crippen LogP contribution in [0.25, 0.3) is 0 Å². The molecule has 0 bridgehead atoms. The number of nitrogens with zero attached hydrogens (tertiary/aromatic N) is 2. The molecule has 2 heterocycles. The first kappa shape index (κ1) is 15.4. The van der Waals surface area contributed by atoms with E-state index in [-0.39, 0.29) is 24.3 Å². The van der Waals surface area contributed by atoms with Crippen LogP contribution < -0.4 is 5.32 Å². The van der Waals surface area contributed by atoms with Crippen molar-refractivity contribution in [3.8, 4) is 0 Å². The maximum Gasteiger partial charge on any atom is 0.123 e. The summed E-state index contributed by atoms with van der Waals surface area (Å²) in [4.78, 5) is 7.76. The second-order valence-corrected chi connectivity index (χ2v) is 5.68. The van der Waals surface area contributed by atoms with Crippen LogP contribution in [-0.4, -0.2) is 29.5 Å². The molecule has 1 unspecified atom stereocenters. The number of hydrogen-bond acceptors (Lipinski definition) is 4. The topological polar surface area (TPSA) is 28.2 Å². The molecule has 1 atom stereocenters. The summed E-state index contributed by atoms with van der Waals surface area (Å²) in [5.41, 5.74) is 2.89. The molecule has 1 fully saturated rings. The molecular weight excluding hydrogens is 297 g/mol. The lowest BCUT2D eigenvalue weighted by Gasteiger charge is -2.36. The van der Waals surface area contributed by atoms with E-state index in [9.17, 15) is 4.39 Å². The zero-order valence-corrected chi connectivity index (χ0v) is 12.6. The summed E-state index contributed by atoms with van der Waals surface area (Å²) >= 11 is 1.67. The molecule has 0 aliphatic carbocycles. The highest BCUT2D eigenvalue weighted by atomic mass is 35.5. The highest BCUT2D eigenvalue weighted by molar-refractivity contribution is 7.09. The average molecular weight is 314 g/mol. The summed E-state index contributed by atoms with van der Waals surface area (Å²) in [5.74, 6) is -0.166. The third-order valence-electron chi connectivity index (χ3n) is 3.43. The monoisotopic (exact) mass is 313 g/mol. The van der Waals surface area contributed by atoms with Gasteiger partial charge in [-0.3, -0.25) is 9.88 Å². The Labute approximate surface area is 128 Å². The van der Waals surface area contributed by atoms with Crippen LogP contribution >= 0.6 is 23.7 Å². The van der Waals surface area contributed by atoms with Crippen LogP contribution in [-0.2, 0) is 6.54 Å². The van der Waals surface area contributed by atoms with E-state index in [2.05, 4.69) is 15.2 Å². The number of piperazine rings is 1. The standard InChI is InChI=1S/C14H16FN3S.ClH/c15-12-3-1-2-11(6-12)14-8-16-4-5-18(14)9-13-7-17-10-19-13;/h1-3,6-7,10,14,16H,4-5,8-9H2;1H. The molecule has 0 amide bonds. The van der Waals surface area contributed by atoms with Gasteiger partial charge in [0.1, 0.15) is 5.82 Å². The Morgan fingerprint density at radius 3 is 3.10 bits per heavy atom. The maximum absolute atomic E-state index is 13.4. The molecule has 1 N–H and O–H groups in total. The smallest absolute Gasteiger partial charge is 0.123 e. The predicted octanol–water partition coefficient (Wildman–Crippen LogP) is 2.85. The number of nitrogens with one attached hydrogen (secondary N) is 1. The van der Waals surface area contributed by atoms with Crippen molar-refractivity contribution in [2.75, 3.05) is 19.6 Å². The number of benzene rings is 1. The van der Waals surface area contributed by atoms with Gasteiger partial charge in [0, 0.05) is 43.3 Å². The fourth-order valence-corrected chi connectivity index (χ4v) is 3.12. The molecule has 0 radical (unpaired) electrons. The van der Waals surface area contributed by atoms with Gasteiger partial charge in [-0.25, -0.2) is 4.39 Å². The van der Waals surface area contributed by atoms with Gasteiger partial charge in [-0.05, 0) is 17.7 Å². The average Bonchev–Trinajstić information content (AvgIpc) is 2.92. The summed E-state index contributed by atoms with van der Waals surface area (Å²) in [6, 6.07) is 7.14. The summed E-state index contributed by atoms with van der Waals surface area (Å²) in [6.45, 7) is 3.69. The third-order valence-corrected chi connectivity index (χ3v) is 4.19. The summed E-state index contributed by atoms with van der Waals surface area (Å²) < 4.78 is 13.4. The Hall–Kier alpha value is -1.01. The summed E-state index contributed by atoms with van der Waals surface area (Å²) in [6.07, 6.45) is 1.91. The van der Waals surface area contributed by atoms with Crippen LogP contribution in [0.5, 0.6) is 0 Å². The van der Waals surface area contributed by atoms with Crippen molar-refractivity contribution >= 4 is 23.7 Å². The zero-order valence-electron chi connectivity index (χ0n) is 11.0. The summed E-state index contributed by atoms with van der Waals surface area (Å²) in [5, 5.41) is 3.39. The largest absolute Gasteiger partial charge is 0.314 e. The van der Waals surface area contributed by atoms with E-state index in [1.165, 1.54) is 10.9 Å². The van der Waals surface area contributed by atoms with Gasteiger partial charge in [0.25, 0.3) is 0 Å². The van der Waals surface area contributed by atoms with E-state index in [0.29, 0.717) is 0 Å². The van der Waals surface area contributed by atoms with Crippen molar-refractivity contribution in [1.29, 1.82) is 0 Å². The Bertz CT molecular complexity index is 535. The lowest BCUT2D eigenvalue weighted by Crippen LogP contribution is -2.45. The minimum Gasteiger partial charge on any atom is -0.314 e. The van der Waals surface area contributed by atoms with E-state index < -0.39 is 0 Å². The first-order valence-corrected chi connectivity index (χ1v) is 7.28. The van der Waals surface area contributed by atoms with E-state index in [0.717, 1.165) is 31.7 Å². The number of aromatic nitrogens is 1. The van der Waals surface area contributed by atoms with Gasteiger partial charge in [0.05, 0.1) is 5.51 Å². The molecule has 1 aromatic heterocycles. The number of halogens is 2. The van der Waals surface area contributed by atoms with Crippen molar-refractivity contribution in [1.82, 2.24) is 15.2 Å². The molecule has 1 saturated heterocycles. The van der Waals surface area contributed by atoms with E-state index in [4.69, 9.17) is 0 Å². The molecule has 0 saturated carbocycles. The van der Waals surface area contributed by atoms with Gasteiger partial charge in [0.2, 0.25) is 0 Å². The molecule has 20 heavy (non-hydrogen) atoms. The molecule has 3 nitrogen and oxygen atoms in total. The minimum absolute atomic E-state index is 0. The number of rotatable bonds is 3. The van der Waals surface area contributed by atoms with Crippen LogP contribution in [0.2, 0.25) is 0 Å². The van der Waals surface area contributed by atoms with Crippen molar-refractivity contribution < 1.29 is 4.39 Å². The van der Waals surface area contributed by atoms with Crippen LogP contribution in [0.15, 0.2) is 36.0 Å². The van der Waals surface area contributed by atoms with Gasteiger partial charge < -0.3 is 5.32 Å². The highest BCUT2D eigenvalue weighted by Crippen LogP contribution is 2.25. The molecule has 2 aromatic rings. The van der Waals surface area contributed by atoms with E-state index in [1.807, 2.05) is 17.8 Å². The lowest BCUT2D eigenvalue weighted by atomic mass is 10.0. The summed E-state index contributed by atoms with van der Waals surface area (Å²) in [7, 11) is 0. The van der Waals surface area contributed by atoms with Gasteiger partial charge in [-0.1, -0.05) is 12.1 Å². The van der Waals surface area contributed by atoms with Crippen LogP contribution in [0.4, 0.5) is 4.39 Å². The van der Waals surface area contributed by atoms with Crippen molar-refractivity contribution in [3.05, 3.63) is 52.2 Å². The minimum atomic E-state index is -0.166. The van der Waals surface area contributed by atoms with Gasteiger partial charge in [0.15, 0.2) is 0 Å². The van der Waals surface area contributed by atoms with Crippen molar-refractivity contribution in [3.63, 3.8) is 0 Å². The Kier molecular flexibility index (Phi) is 5.48. The fourth-order valence-electron chi connectivity index (χ4n) is 2.50. The normalized spacial score (nSPS) is 19.6. The Morgan fingerprint density at radius 1 is 1.45 bits per heavy atom. The second-order valence-electron chi connectivity index (χ2n) is 4.71. The van der Waals surface area contributed by atoms with E-state index >= 15 is 0 Å². The molecule has 3 rings (SSSR count). The van der Waals surface area contributed by atoms with Gasteiger partial charge in [-0.2, -0.15) is 0 Å². The zero-order chi connectivity index (χ0) is 13.1. The van der Waals surface area contributed by atoms with E-state index in [1.54, 1.807) is 23.5 Å². The van der Waals surface area contributed by atoms with Crippen molar-refractivity contribution in [2.24, 2.45) is 0 Å². The van der Waals surface area contributed by atoms with Gasteiger partial charge >= 0.3 is 0 Å². The quantitative estimate of drug-likeness (QED) is 0.944. The molecule has 1 aliphatic rings. The molecular formula is C14H17ClFN3S. The van der Waals surface area contributed by atoms with Crippen LogP contribution in [0, 0.1) is 5.82 Å². The predicted molar refractivity (Wildman–Crippen MR) is 81.8 cm³/mol. The lowest BCUT2D eigenvalue weighted by molar-refractivity contribution is 0.155. The maximum atomic E-state index is 13.4. The molecule has 1 aliphatic heterocycles. The molecule has 6 heteroatoms. The SMILES string of the molecule is Cl.Fc1cccc(C2CNCCN2Cc2cncs2)c1. The first-order valence-electron chi connectivity index (χ1n) is 6.40. The molecule has 1 aromatic carbocycles. The first-order chi connectivity index (χ1) is 9.33. The Balaban J connectivity index is 0.00000147. The molecule has 0 spiro atoms.